The predicted molar refractivity (Wildman–Crippen MR) is 85.7 cm³/mol. The lowest BCUT2D eigenvalue weighted by atomic mass is 10.2. The van der Waals surface area contributed by atoms with E-state index in [0.29, 0.717) is 6.04 Å². The van der Waals surface area contributed by atoms with Gasteiger partial charge in [0.15, 0.2) is 0 Å². The molecule has 0 aliphatic rings. The quantitative estimate of drug-likeness (QED) is 0.912. The van der Waals surface area contributed by atoms with Gasteiger partial charge in [-0.05, 0) is 48.5 Å². The summed E-state index contributed by atoms with van der Waals surface area (Å²) in [6.45, 7) is 14.8. The van der Waals surface area contributed by atoms with Crippen molar-refractivity contribution in [3.05, 3.63) is 27.0 Å². The van der Waals surface area contributed by atoms with Crippen LogP contribution in [0.25, 0.3) is 0 Å². The average molecular weight is 292 g/mol. The minimum absolute atomic E-state index is 0.253. The Morgan fingerprint density at radius 3 is 2.15 bits per heavy atom. The lowest BCUT2D eigenvalue weighted by Crippen LogP contribution is -2.09. The minimum atomic E-state index is 0.253. The molecule has 0 saturated carbocycles. The Hall–Kier alpha value is -1.36. The SMILES string of the molecule is Cc1nc(C)c(C(C)Nc2c(C)nn(C(C)C)c2C)s1. The highest BCUT2D eigenvalue weighted by molar-refractivity contribution is 7.11. The fraction of sp³-hybridized carbons (Fsp3) is 0.600. The monoisotopic (exact) mass is 292 g/mol. The Balaban J connectivity index is 2.28. The number of nitrogens with one attached hydrogen (secondary N) is 1. The van der Waals surface area contributed by atoms with Gasteiger partial charge in [-0.25, -0.2) is 4.98 Å². The van der Waals surface area contributed by atoms with Crippen molar-refractivity contribution in [3.8, 4) is 0 Å². The van der Waals surface area contributed by atoms with Crippen LogP contribution in [-0.4, -0.2) is 14.8 Å². The summed E-state index contributed by atoms with van der Waals surface area (Å²) in [6, 6.07) is 0.635. The summed E-state index contributed by atoms with van der Waals surface area (Å²) >= 11 is 1.77. The number of nitrogens with zero attached hydrogens (tertiary/aromatic N) is 3. The highest BCUT2D eigenvalue weighted by Crippen LogP contribution is 2.30. The molecule has 0 amide bonds. The van der Waals surface area contributed by atoms with Crippen LogP contribution < -0.4 is 5.32 Å². The minimum Gasteiger partial charge on any atom is -0.375 e. The topological polar surface area (TPSA) is 42.7 Å². The fourth-order valence-corrected chi connectivity index (χ4v) is 3.54. The van der Waals surface area contributed by atoms with Gasteiger partial charge in [-0.2, -0.15) is 5.10 Å². The van der Waals surface area contributed by atoms with Gasteiger partial charge in [-0.1, -0.05) is 0 Å². The summed E-state index contributed by atoms with van der Waals surface area (Å²) < 4.78 is 2.08. The van der Waals surface area contributed by atoms with Crippen molar-refractivity contribution in [1.29, 1.82) is 0 Å². The van der Waals surface area contributed by atoms with Crippen LogP contribution in [-0.2, 0) is 0 Å². The number of rotatable bonds is 4. The Morgan fingerprint density at radius 2 is 1.70 bits per heavy atom. The average Bonchev–Trinajstić information content (AvgIpc) is 2.82. The molecule has 0 spiro atoms. The zero-order chi connectivity index (χ0) is 15.0. The molecule has 1 N–H and O–H groups in total. The van der Waals surface area contributed by atoms with Gasteiger partial charge in [0.25, 0.3) is 0 Å². The molecular weight excluding hydrogens is 268 g/mol. The summed E-state index contributed by atoms with van der Waals surface area (Å²) in [5.74, 6) is 0. The first-order valence-corrected chi connectivity index (χ1v) is 7.89. The second-order valence-electron chi connectivity index (χ2n) is 5.63. The van der Waals surface area contributed by atoms with E-state index in [0.717, 1.165) is 22.1 Å². The van der Waals surface area contributed by atoms with Crippen molar-refractivity contribution in [2.24, 2.45) is 0 Å². The first kappa shape index (κ1) is 15.0. The third kappa shape index (κ3) is 2.73. The maximum atomic E-state index is 4.63. The summed E-state index contributed by atoms with van der Waals surface area (Å²) in [7, 11) is 0. The Bertz CT molecular complexity index is 610. The first-order valence-electron chi connectivity index (χ1n) is 7.07. The van der Waals surface area contributed by atoms with E-state index in [2.05, 4.69) is 68.5 Å². The maximum absolute atomic E-state index is 4.63. The molecule has 0 aromatic carbocycles. The van der Waals surface area contributed by atoms with E-state index >= 15 is 0 Å². The maximum Gasteiger partial charge on any atom is 0.0900 e. The molecule has 2 heterocycles. The molecule has 0 aliphatic carbocycles. The van der Waals surface area contributed by atoms with E-state index in [9.17, 15) is 0 Å². The van der Waals surface area contributed by atoms with Crippen molar-refractivity contribution >= 4 is 17.0 Å². The Labute approximate surface area is 125 Å². The van der Waals surface area contributed by atoms with E-state index < -0.39 is 0 Å². The number of aryl methyl sites for hydroxylation is 3. The number of thiazole rings is 1. The van der Waals surface area contributed by atoms with E-state index in [1.54, 1.807) is 11.3 Å². The van der Waals surface area contributed by atoms with Crippen LogP contribution in [0.5, 0.6) is 0 Å². The van der Waals surface area contributed by atoms with Gasteiger partial charge in [0.05, 0.1) is 33.8 Å². The van der Waals surface area contributed by atoms with Gasteiger partial charge >= 0.3 is 0 Å². The van der Waals surface area contributed by atoms with Crippen LogP contribution in [0.4, 0.5) is 5.69 Å². The molecule has 0 fully saturated rings. The molecule has 1 unspecified atom stereocenters. The molecule has 110 valence electrons. The normalized spacial score (nSPS) is 13.0. The van der Waals surface area contributed by atoms with Crippen LogP contribution in [0.2, 0.25) is 0 Å². The van der Waals surface area contributed by atoms with E-state index in [1.165, 1.54) is 10.6 Å². The number of hydrogen-bond acceptors (Lipinski definition) is 4. The van der Waals surface area contributed by atoms with Crippen LogP contribution in [0, 0.1) is 27.7 Å². The van der Waals surface area contributed by atoms with E-state index in [1.807, 2.05) is 0 Å². The van der Waals surface area contributed by atoms with Gasteiger partial charge in [0, 0.05) is 10.9 Å². The molecule has 20 heavy (non-hydrogen) atoms. The van der Waals surface area contributed by atoms with Crippen molar-refractivity contribution in [1.82, 2.24) is 14.8 Å². The smallest absolute Gasteiger partial charge is 0.0900 e. The van der Waals surface area contributed by atoms with E-state index in [4.69, 9.17) is 0 Å². The second-order valence-corrected chi connectivity index (χ2v) is 6.87. The summed E-state index contributed by atoms with van der Waals surface area (Å²) in [6.07, 6.45) is 0. The summed E-state index contributed by atoms with van der Waals surface area (Å²) in [5.41, 5.74) is 4.53. The van der Waals surface area contributed by atoms with Crippen LogP contribution >= 0.6 is 11.3 Å². The van der Waals surface area contributed by atoms with Crippen LogP contribution in [0.3, 0.4) is 0 Å². The molecule has 0 saturated heterocycles. The Kier molecular flexibility index (Phi) is 4.18. The predicted octanol–water partition coefficient (Wildman–Crippen LogP) is 4.33. The lowest BCUT2D eigenvalue weighted by Gasteiger charge is -2.15. The Morgan fingerprint density at radius 1 is 1.05 bits per heavy atom. The molecule has 1 atom stereocenters. The van der Waals surface area contributed by atoms with Crippen molar-refractivity contribution < 1.29 is 0 Å². The van der Waals surface area contributed by atoms with Crippen LogP contribution in [0.1, 0.15) is 59.8 Å². The number of hydrogen-bond donors (Lipinski definition) is 1. The van der Waals surface area contributed by atoms with Gasteiger partial charge in [-0.15, -0.1) is 11.3 Å². The van der Waals surface area contributed by atoms with Crippen molar-refractivity contribution in [2.75, 3.05) is 5.32 Å². The summed E-state index contributed by atoms with van der Waals surface area (Å²) in [4.78, 5) is 5.81. The summed E-state index contributed by atoms with van der Waals surface area (Å²) in [5, 5.41) is 9.36. The second kappa shape index (κ2) is 5.56. The first-order chi connectivity index (χ1) is 9.31. The van der Waals surface area contributed by atoms with Gasteiger partial charge in [0.2, 0.25) is 0 Å². The third-order valence-electron chi connectivity index (χ3n) is 3.51. The molecule has 2 aromatic heterocycles. The zero-order valence-corrected chi connectivity index (χ0v) is 14.2. The standard InChI is InChI=1S/C15H24N4S/c1-8(2)19-12(6)14(9(3)18-19)17-11(5)15-10(4)16-13(7)20-15/h8,11,17H,1-7H3. The number of aromatic nitrogens is 3. The molecular formula is C15H24N4S. The van der Waals surface area contributed by atoms with Gasteiger partial charge < -0.3 is 5.32 Å². The number of anilines is 1. The highest BCUT2D eigenvalue weighted by atomic mass is 32.1. The molecule has 5 heteroatoms. The molecule has 0 aliphatic heterocycles. The van der Waals surface area contributed by atoms with Crippen molar-refractivity contribution in [3.63, 3.8) is 0 Å². The van der Waals surface area contributed by atoms with Crippen molar-refractivity contribution in [2.45, 2.75) is 60.5 Å². The van der Waals surface area contributed by atoms with Crippen LogP contribution in [0.15, 0.2) is 0 Å². The molecule has 0 bridgehead atoms. The largest absolute Gasteiger partial charge is 0.375 e. The lowest BCUT2D eigenvalue weighted by molar-refractivity contribution is 0.516. The molecule has 2 aromatic rings. The third-order valence-corrected chi connectivity index (χ3v) is 4.76. The highest BCUT2D eigenvalue weighted by Gasteiger charge is 2.18. The zero-order valence-electron chi connectivity index (χ0n) is 13.4. The van der Waals surface area contributed by atoms with E-state index in [-0.39, 0.29) is 6.04 Å². The molecule has 4 nitrogen and oxygen atoms in total. The fourth-order valence-electron chi connectivity index (χ4n) is 2.61. The molecule has 0 radical (unpaired) electrons. The van der Waals surface area contributed by atoms with Gasteiger partial charge in [-0.3, -0.25) is 4.68 Å². The van der Waals surface area contributed by atoms with Gasteiger partial charge in [0.1, 0.15) is 0 Å². The molecule has 2 rings (SSSR count).